The fourth-order valence-electron chi connectivity index (χ4n) is 3.58. The van der Waals surface area contributed by atoms with Crippen molar-refractivity contribution in [2.75, 3.05) is 31.5 Å². The molecule has 3 amide bonds. The van der Waals surface area contributed by atoms with Crippen molar-refractivity contribution in [2.24, 2.45) is 11.0 Å². The highest BCUT2D eigenvalue weighted by atomic mass is 35.5. The van der Waals surface area contributed by atoms with Crippen molar-refractivity contribution >= 4 is 52.4 Å². The van der Waals surface area contributed by atoms with Crippen LogP contribution in [0.25, 0.3) is 0 Å². The third-order valence-corrected chi connectivity index (χ3v) is 6.04. The van der Waals surface area contributed by atoms with E-state index in [9.17, 15) is 14.4 Å². The third kappa shape index (κ3) is 10.9. The molecule has 1 unspecified atom stereocenters. The molecule has 10 heteroatoms. The van der Waals surface area contributed by atoms with E-state index in [-0.39, 0.29) is 30.2 Å². The van der Waals surface area contributed by atoms with Gasteiger partial charge in [0.05, 0.1) is 12.5 Å². The number of hydrazone groups is 1. The summed E-state index contributed by atoms with van der Waals surface area (Å²) < 4.78 is 0. The van der Waals surface area contributed by atoms with Crippen LogP contribution in [-0.2, 0) is 14.4 Å². The summed E-state index contributed by atoms with van der Waals surface area (Å²) in [6.07, 6.45) is 4.24. The number of piperidine rings is 1. The van der Waals surface area contributed by atoms with E-state index in [0.717, 1.165) is 17.3 Å². The lowest BCUT2D eigenvalue weighted by Crippen LogP contribution is -2.53. The van der Waals surface area contributed by atoms with Crippen LogP contribution in [0, 0.1) is 5.92 Å². The van der Waals surface area contributed by atoms with Crippen LogP contribution in [0.5, 0.6) is 0 Å². The third-order valence-electron chi connectivity index (χ3n) is 5.55. The maximum Gasteiger partial charge on any atom is 0.262 e. The average Bonchev–Trinajstić information content (AvgIpc) is 2.89. The molecular formula is C28H35Cl2N5O3. The van der Waals surface area contributed by atoms with Gasteiger partial charge >= 0.3 is 0 Å². The largest absolute Gasteiger partial charge is 0.354 e. The molecule has 38 heavy (non-hydrogen) atoms. The van der Waals surface area contributed by atoms with Crippen LogP contribution in [-0.4, -0.2) is 59.6 Å². The Hall–Kier alpha value is -3.36. The van der Waals surface area contributed by atoms with Gasteiger partial charge < -0.3 is 15.5 Å². The van der Waals surface area contributed by atoms with Crippen LogP contribution in [0.15, 0.2) is 72.4 Å². The van der Waals surface area contributed by atoms with Crippen LogP contribution < -0.4 is 10.6 Å². The first-order chi connectivity index (χ1) is 18.2. The summed E-state index contributed by atoms with van der Waals surface area (Å²) in [6.45, 7) is 8.33. The van der Waals surface area contributed by atoms with Gasteiger partial charge in [0.25, 0.3) is 5.91 Å². The van der Waals surface area contributed by atoms with Crippen LogP contribution >= 0.6 is 23.2 Å². The van der Waals surface area contributed by atoms with E-state index in [2.05, 4.69) is 29.2 Å². The molecule has 1 saturated heterocycles. The minimum atomic E-state index is -0.221. The normalized spacial score (nSPS) is 15.9. The lowest BCUT2D eigenvalue weighted by atomic mass is 9.95. The van der Waals surface area contributed by atoms with Gasteiger partial charge in [0.1, 0.15) is 12.4 Å². The monoisotopic (exact) mass is 559 g/mol. The van der Waals surface area contributed by atoms with Gasteiger partial charge in [-0.25, -0.2) is 5.01 Å². The molecule has 0 bridgehead atoms. The number of hydrogen-bond donors (Lipinski definition) is 2. The first-order valence-corrected chi connectivity index (χ1v) is 13.2. The molecule has 0 spiro atoms. The van der Waals surface area contributed by atoms with Gasteiger partial charge in [-0.15, -0.1) is 6.58 Å². The quantitative estimate of drug-likeness (QED) is 0.475. The molecule has 2 heterocycles. The van der Waals surface area contributed by atoms with E-state index >= 15 is 0 Å². The second-order valence-electron chi connectivity index (χ2n) is 8.62. The number of benzene rings is 2. The molecule has 2 aliphatic rings. The topological polar surface area (TPSA) is 94.1 Å². The minimum Gasteiger partial charge on any atom is -0.354 e. The van der Waals surface area contributed by atoms with Gasteiger partial charge in [0.15, 0.2) is 0 Å². The molecule has 0 saturated carbocycles. The number of fused-ring (bicyclic) bond motifs is 1. The molecule has 0 radical (unpaired) electrons. The molecule has 1 fully saturated rings. The maximum atomic E-state index is 12.5. The van der Waals surface area contributed by atoms with E-state index in [4.69, 9.17) is 23.2 Å². The second-order valence-corrected chi connectivity index (χ2v) is 9.50. The predicted octanol–water partition coefficient (Wildman–Crippen LogP) is 5.20. The zero-order chi connectivity index (χ0) is 27.9. The van der Waals surface area contributed by atoms with Crippen molar-refractivity contribution < 1.29 is 14.4 Å². The summed E-state index contributed by atoms with van der Waals surface area (Å²) in [5.74, 6) is 0.225. The smallest absolute Gasteiger partial charge is 0.262 e. The van der Waals surface area contributed by atoms with Gasteiger partial charge in [-0.05, 0) is 43.2 Å². The Kier molecular flexibility index (Phi) is 13.4. The zero-order valence-electron chi connectivity index (χ0n) is 21.8. The number of allylic oxidation sites excluding steroid dienone is 1. The minimum absolute atomic E-state index is 0.0862. The van der Waals surface area contributed by atoms with Crippen molar-refractivity contribution in [3.05, 3.63) is 77.3 Å². The first kappa shape index (κ1) is 30.9. The predicted molar refractivity (Wildman–Crippen MR) is 154 cm³/mol. The van der Waals surface area contributed by atoms with Gasteiger partial charge in [-0.3, -0.25) is 14.4 Å². The highest BCUT2D eigenvalue weighted by Gasteiger charge is 2.34. The maximum absolute atomic E-state index is 12.5. The molecule has 0 aliphatic carbocycles. The fourth-order valence-corrected chi connectivity index (χ4v) is 3.92. The Morgan fingerprint density at radius 3 is 2.39 bits per heavy atom. The van der Waals surface area contributed by atoms with E-state index in [1.54, 1.807) is 24.3 Å². The fraction of sp³-hybridized carbons (Fsp3) is 0.357. The van der Waals surface area contributed by atoms with Crippen molar-refractivity contribution in [1.82, 2.24) is 15.2 Å². The Labute approximate surface area is 234 Å². The van der Waals surface area contributed by atoms with Gasteiger partial charge in [-0.2, -0.15) is 5.10 Å². The average molecular weight is 561 g/mol. The SMILES string of the molecule is C=CCC.CC(=O)NCCN1N=C2CCC(C(=O)Nc3cccc(Cl)c3)CN2CC1=O.Clc1ccccc1. The molecule has 204 valence electrons. The molecule has 2 aromatic rings. The van der Waals surface area contributed by atoms with Crippen LogP contribution in [0.3, 0.4) is 0 Å². The number of carbonyl (C=O) groups is 3. The Morgan fingerprint density at radius 1 is 1.13 bits per heavy atom. The number of anilines is 1. The summed E-state index contributed by atoms with van der Waals surface area (Å²) in [7, 11) is 0. The number of amidine groups is 1. The summed E-state index contributed by atoms with van der Waals surface area (Å²) >= 11 is 11.5. The molecule has 0 aromatic heterocycles. The van der Waals surface area contributed by atoms with Crippen LogP contribution in [0.1, 0.15) is 33.1 Å². The summed E-state index contributed by atoms with van der Waals surface area (Å²) in [5, 5.41) is 12.7. The number of amides is 3. The lowest BCUT2D eigenvalue weighted by molar-refractivity contribution is -0.134. The number of nitrogens with zero attached hydrogens (tertiary/aromatic N) is 3. The summed E-state index contributed by atoms with van der Waals surface area (Å²) in [4.78, 5) is 37.6. The Morgan fingerprint density at radius 2 is 1.82 bits per heavy atom. The molecule has 8 nitrogen and oxygen atoms in total. The van der Waals surface area contributed by atoms with E-state index in [1.807, 2.05) is 41.3 Å². The second kappa shape index (κ2) is 16.5. The number of carbonyl (C=O) groups excluding carboxylic acids is 3. The zero-order valence-corrected chi connectivity index (χ0v) is 23.3. The van der Waals surface area contributed by atoms with Crippen molar-refractivity contribution in [3.63, 3.8) is 0 Å². The number of nitrogens with one attached hydrogen (secondary N) is 2. The number of hydrogen-bond acceptors (Lipinski definition) is 5. The van der Waals surface area contributed by atoms with Gasteiger partial charge in [-0.1, -0.05) is 60.5 Å². The van der Waals surface area contributed by atoms with Gasteiger partial charge in [0.2, 0.25) is 11.8 Å². The molecule has 2 aromatic carbocycles. The number of halogens is 2. The first-order valence-electron chi connectivity index (χ1n) is 12.5. The lowest BCUT2D eigenvalue weighted by Gasteiger charge is -2.38. The van der Waals surface area contributed by atoms with Crippen LogP contribution in [0.4, 0.5) is 5.69 Å². The summed E-state index contributed by atoms with van der Waals surface area (Å²) in [6, 6.07) is 16.5. The summed E-state index contributed by atoms with van der Waals surface area (Å²) in [5.41, 5.74) is 0.658. The van der Waals surface area contributed by atoms with Crippen molar-refractivity contribution in [3.8, 4) is 0 Å². The Bertz CT molecular complexity index is 1110. The molecular weight excluding hydrogens is 525 g/mol. The number of rotatable bonds is 6. The highest BCUT2D eigenvalue weighted by Crippen LogP contribution is 2.24. The van der Waals surface area contributed by atoms with E-state index in [0.29, 0.717) is 43.2 Å². The molecule has 1 atom stereocenters. The highest BCUT2D eigenvalue weighted by molar-refractivity contribution is 6.31. The molecule has 2 N–H and O–H groups in total. The van der Waals surface area contributed by atoms with E-state index < -0.39 is 0 Å². The van der Waals surface area contributed by atoms with E-state index in [1.165, 1.54) is 11.9 Å². The van der Waals surface area contributed by atoms with Crippen molar-refractivity contribution in [2.45, 2.75) is 33.1 Å². The van der Waals surface area contributed by atoms with Crippen molar-refractivity contribution in [1.29, 1.82) is 0 Å². The molecule has 2 aliphatic heterocycles. The van der Waals surface area contributed by atoms with Crippen LogP contribution in [0.2, 0.25) is 10.0 Å². The van der Waals surface area contributed by atoms with Gasteiger partial charge in [0, 0.05) is 42.2 Å². The Balaban J connectivity index is 0.000000384. The molecule has 4 rings (SSSR count). The standard InChI is InChI=1S/C18H22ClN5O3.C6H5Cl.C4H8/c1-12(25)20-7-8-24-17(26)11-23-10-13(5-6-16(23)22-24)18(27)21-15-4-2-3-14(19)9-15;7-6-4-2-1-3-5-6;1-3-4-2/h2-4,9,13H,5-8,10-11H2,1H3,(H,20,25)(H,21,27);1-5H;3H,1,4H2,2H3.